The predicted octanol–water partition coefficient (Wildman–Crippen LogP) is -9.82. The van der Waals surface area contributed by atoms with Crippen LogP contribution in [0.5, 0.6) is 0 Å². The summed E-state index contributed by atoms with van der Waals surface area (Å²) in [6, 6.07) is -11.3. The Labute approximate surface area is 269 Å². The molecule has 0 aromatic heterocycles. The van der Waals surface area contributed by atoms with Gasteiger partial charge in [-0.15, -0.1) is 0 Å². The number of rotatable bonds is 23. The molecule has 0 radical (unpaired) electrons. The Kier molecular flexibility index (Phi) is 20.6. The Balaban J connectivity index is 5.64. The highest BCUT2D eigenvalue weighted by molar-refractivity contribution is 5.97. The fourth-order valence-electron chi connectivity index (χ4n) is 3.65. The monoisotopic (exact) mass is 681 g/mol. The molecule has 270 valence electrons. The molecule has 0 saturated carbocycles. The predicted molar refractivity (Wildman–Crippen MR) is 159 cm³/mol. The van der Waals surface area contributed by atoms with Crippen LogP contribution in [0.2, 0.25) is 0 Å². The molecule has 0 rings (SSSR count). The summed E-state index contributed by atoms with van der Waals surface area (Å²) in [5, 5.41) is 69.9. The van der Waals surface area contributed by atoms with Gasteiger partial charge in [0, 0.05) is 0 Å². The van der Waals surface area contributed by atoms with Gasteiger partial charge >= 0.3 is 0 Å². The van der Waals surface area contributed by atoms with Gasteiger partial charge in [0.1, 0.15) is 42.3 Å². The number of amides is 7. The van der Waals surface area contributed by atoms with Gasteiger partial charge in [-0.05, 0) is 32.7 Å². The number of primary amides is 1. The average molecular weight is 682 g/mol. The zero-order chi connectivity index (χ0) is 36.3. The number of unbranched alkanes of at least 4 members (excludes halogenated alkanes) is 1. The molecule has 0 aromatic rings. The van der Waals surface area contributed by atoms with Crippen LogP contribution in [0.1, 0.15) is 26.2 Å². The van der Waals surface area contributed by atoms with Crippen molar-refractivity contribution in [3.63, 3.8) is 0 Å². The highest BCUT2D eigenvalue weighted by Gasteiger charge is 2.34. The van der Waals surface area contributed by atoms with E-state index in [4.69, 9.17) is 22.3 Å². The summed E-state index contributed by atoms with van der Waals surface area (Å²) in [6.07, 6.45) is -0.867. The molecular formula is C25H47N9O13. The number of hydrogen-bond acceptors (Lipinski definition) is 15. The molecule has 0 aliphatic rings. The Bertz CT molecular complexity index is 1070. The SMILES string of the molecule is C[C@@H](O)[C@H](NC(=O)[C@H](CO)NC(=O)[C@H](N)CO)C(=O)N[C@@H](CO)C(=O)N[C@H](CO)C(=O)N[C@@H](CCCCN)C(=O)N[C@H](CO)C(N)=O. The molecule has 22 heteroatoms. The minimum absolute atomic E-state index is 0.00535. The largest absolute Gasteiger partial charge is 0.394 e. The van der Waals surface area contributed by atoms with Crippen molar-refractivity contribution < 1.29 is 64.2 Å². The van der Waals surface area contributed by atoms with Crippen LogP contribution in [0.4, 0.5) is 0 Å². The highest BCUT2D eigenvalue weighted by Crippen LogP contribution is 2.03. The molecule has 7 amide bonds. The smallest absolute Gasteiger partial charge is 0.245 e. The number of aliphatic hydroxyl groups excluding tert-OH is 6. The van der Waals surface area contributed by atoms with Crippen molar-refractivity contribution in [2.75, 3.05) is 39.6 Å². The number of aliphatic hydroxyl groups is 6. The van der Waals surface area contributed by atoms with E-state index in [1.165, 1.54) is 0 Å². The zero-order valence-corrected chi connectivity index (χ0v) is 25.8. The lowest BCUT2D eigenvalue weighted by Crippen LogP contribution is -2.63. The van der Waals surface area contributed by atoms with Crippen molar-refractivity contribution in [1.82, 2.24) is 31.9 Å². The lowest BCUT2D eigenvalue weighted by molar-refractivity contribution is -0.138. The van der Waals surface area contributed by atoms with Crippen LogP contribution >= 0.6 is 0 Å². The van der Waals surface area contributed by atoms with Crippen LogP contribution in [0.25, 0.3) is 0 Å². The molecule has 18 N–H and O–H groups in total. The standard InChI is InChI=1S/C25H47N9O13/c1-11(40)18(34-24(46)17(10-39)31-20(42)12(27)6-35)25(47)33-16(9-38)23(45)32-15(8-37)22(44)29-13(4-2-3-5-26)21(43)30-14(7-36)19(28)41/h11-18,35-40H,2-10,26-27H2,1H3,(H2,28,41)(H,29,44)(H,30,43)(H,31,42)(H,32,45)(H,33,47)(H,34,46)/t11-,12-,13+,14-,15-,16+,17+,18+/m1/s1. The first-order valence-corrected chi connectivity index (χ1v) is 14.4. The molecule has 22 nitrogen and oxygen atoms in total. The zero-order valence-electron chi connectivity index (χ0n) is 25.8. The highest BCUT2D eigenvalue weighted by atomic mass is 16.3. The van der Waals surface area contributed by atoms with E-state index in [1.54, 1.807) is 0 Å². The first kappa shape index (κ1) is 43.0. The molecule has 0 fully saturated rings. The summed E-state index contributed by atoms with van der Waals surface area (Å²) >= 11 is 0. The van der Waals surface area contributed by atoms with E-state index in [0.717, 1.165) is 6.92 Å². The third-order valence-electron chi connectivity index (χ3n) is 6.47. The summed E-state index contributed by atoms with van der Waals surface area (Å²) < 4.78 is 0. The molecule has 0 bridgehead atoms. The van der Waals surface area contributed by atoms with Gasteiger partial charge in [-0.2, -0.15) is 0 Å². The number of carbonyl (C=O) groups is 7. The van der Waals surface area contributed by atoms with E-state index in [2.05, 4.69) is 21.3 Å². The number of carbonyl (C=O) groups excluding carboxylic acids is 7. The first-order chi connectivity index (χ1) is 22.1. The minimum Gasteiger partial charge on any atom is -0.394 e. The summed E-state index contributed by atoms with van der Waals surface area (Å²) in [4.78, 5) is 87.1. The van der Waals surface area contributed by atoms with Crippen molar-refractivity contribution in [2.45, 2.75) is 74.6 Å². The second-order valence-electron chi connectivity index (χ2n) is 10.2. The average Bonchev–Trinajstić information content (AvgIpc) is 3.04. The van der Waals surface area contributed by atoms with Gasteiger partial charge in [0.25, 0.3) is 0 Å². The maximum Gasteiger partial charge on any atom is 0.245 e. The summed E-state index contributed by atoms with van der Waals surface area (Å²) in [6.45, 7) is -3.35. The topological polar surface area (TPSA) is 391 Å². The lowest BCUT2D eigenvalue weighted by atomic mass is 10.1. The van der Waals surface area contributed by atoms with Crippen molar-refractivity contribution in [3.05, 3.63) is 0 Å². The van der Waals surface area contributed by atoms with Crippen LogP contribution in [0, 0.1) is 0 Å². The van der Waals surface area contributed by atoms with Crippen LogP contribution in [0.15, 0.2) is 0 Å². The summed E-state index contributed by atoms with van der Waals surface area (Å²) in [7, 11) is 0. The number of nitrogens with two attached hydrogens (primary N) is 3. The Morgan fingerprint density at radius 1 is 0.553 bits per heavy atom. The van der Waals surface area contributed by atoms with E-state index in [0.29, 0.717) is 12.8 Å². The summed E-state index contributed by atoms with van der Waals surface area (Å²) in [5.74, 6) is -7.69. The minimum atomic E-state index is -1.82. The van der Waals surface area contributed by atoms with Crippen LogP contribution in [-0.2, 0) is 33.6 Å². The number of hydrogen-bond donors (Lipinski definition) is 15. The van der Waals surface area contributed by atoms with Gasteiger partial charge in [-0.1, -0.05) is 0 Å². The van der Waals surface area contributed by atoms with Crippen molar-refractivity contribution >= 4 is 41.4 Å². The Hall–Kier alpha value is -4.03. The third-order valence-corrected chi connectivity index (χ3v) is 6.47. The second kappa shape index (κ2) is 22.5. The summed E-state index contributed by atoms with van der Waals surface area (Å²) in [5.41, 5.74) is 15.9. The second-order valence-corrected chi connectivity index (χ2v) is 10.2. The molecular weight excluding hydrogens is 634 g/mol. The van der Waals surface area contributed by atoms with E-state index in [1.807, 2.05) is 10.6 Å². The maximum absolute atomic E-state index is 12.9. The van der Waals surface area contributed by atoms with Gasteiger partial charge in [-0.3, -0.25) is 33.6 Å². The third kappa shape index (κ3) is 15.0. The first-order valence-electron chi connectivity index (χ1n) is 14.4. The maximum atomic E-state index is 12.9. The van der Waals surface area contributed by atoms with E-state index < -0.39 is 123 Å². The van der Waals surface area contributed by atoms with E-state index >= 15 is 0 Å². The van der Waals surface area contributed by atoms with Gasteiger partial charge in [0.2, 0.25) is 41.4 Å². The molecule has 47 heavy (non-hydrogen) atoms. The quantitative estimate of drug-likeness (QED) is 0.0445. The molecule has 0 aliphatic heterocycles. The van der Waals surface area contributed by atoms with Crippen LogP contribution < -0.4 is 49.1 Å². The molecule has 0 saturated heterocycles. The molecule has 0 spiro atoms. The van der Waals surface area contributed by atoms with Gasteiger partial charge in [-0.25, -0.2) is 0 Å². The van der Waals surface area contributed by atoms with Crippen LogP contribution in [-0.4, -0.2) is 160 Å². The molecule has 8 atom stereocenters. The molecule has 0 heterocycles. The molecule has 0 unspecified atom stereocenters. The van der Waals surface area contributed by atoms with Crippen molar-refractivity contribution in [3.8, 4) is 0 Å². The Morgan fingerprint density at radius 2 is 0.936 bits per heavy atom. The van der Waals surface area contributed by atoms with E-state index in [9.17, 15) is 59.1 Å². The number of nitrogens with one attached hydrogen (secondary N) is 6. The fraction of sp³-hybridized carbons (Fsp3) is 0.720. The van der Waals surface area contributed by atoms with Gasteiger partial charge in [0.05, 0.1) is 39.1 Å². The molecule has 0 aliphatic carbocycles. The van der Waals surface area contributed by atoms with Crippen LogP contribution in [0.3, 0.4) is 0 Å². The Morgan fingerprint density at radius 3 is 1.34 bits per heavy atom. The normalized spacial score (nSPS) is 16.1. The van der Waals surface area contributed by atoms with Gasteiger partial charge < -0.3 is 79.7 Å². The fourth-order valence-corrected chi connectivity index (χ4v) is 3.65. The van der Waals surface area contributed by atoms with Crippen molar-refractivity contribution in [1.29, 1.82) is 0 Å². The van der Waals surface area contributed by atoms with Crippen molar-refractivity contribution in [2.24, 2.45) is 17.2 Å². The van der Waals surface area contributed by atoms with Gasteiger partial charge in [0.15, 0.2) is 0 Å². The van der Waals surface area contributed by atoms with E-state index in [-0.39, 0.29) is 13.0 Å². The lowest BCUT2D eigenvalue weighted by Gasteiger charge is -2.27. The molecule has 0 aromatic carbocycles.